The molecule has 3 rings (SSSR count). The molecule has 0 unspecified atom stereocenters. The summed E-state index contributed by atoms with van der Waals surface area (Å²) in [6, 6.07) is 14.2. The third-order valence-electron chi connectivity index (χ3n) is 3.41. The predicted octanol–water partition coefficient (Wildman–Crippen LogP) is 4.26. The molecule has 0 fully saturated rings. The number of nitrogens with one attached hydrogen (secondary N) is 1. The molecule has 0 aliphatic rings. The molecule has 0 aliphatic heterocycles. The van der Waals surface area contributed by atoms with Gasteiger partial charge in [0, 0.05) is 28.0 Å². The summed E-state index contributed by atoms with van der Waals surface area (Å²) in [6.07, 6.45) is 0. The Hall–Kier alpha value is -2.99. The fourth-order valence-corrected chi connectivity index (χ4v) is 2.34. The van der Waals surface area contributed by atoms with E-state index >= 15 is 0 Å². The van der Waals surface area contributed by atoms with Gasteiger partial charge in [0.05, 0.1) is 0 Å². The summed E-state index contributed by atoms with van der Waals surface area (Å²) in [5, 5.41) is 3.29. The number of hydrogen-bond donors (Lipinski definition) is 1. The van der Waals surface area contributed by atoms with Crippen LogP contribution in [0, 0.1) is 12.7 Å². The van der Waals surface area contributed by atoms with E-state index in [0.717, 1.165) is 0 Å². The molecule has 0 radical (unpaired) electrons. The van der Waals surface area contributed by atoms with Gasteiger partial charge in [-0.25, -0.2) is 9.37 Å². The average molecular weight is 372 g/mol. The summed E-state index contributed by atoms with van der Waals surface area (Å²) < 4.78 is 18.5. The fourth-order valence-electron chi connectivity index (χ4n) is 2.21. The normalized spacial score (nSPS) is 10.4. The minimum absolute atomic E-state index is 0.206. The first-order valence-corrected chi connectivity index (χ1v) is 8.17. The van der Waals surface area contributed by atoms with Crippen molar-refractivity contribution in [3.05, 3.63) is 71.1 Å². The third kappa shape index (κ3) is 4.77. The number of benzene rings is 2. The van der Waals surface area contributed by atoms with E-state index in [9.17, 15) is 9.18 Å². The molecule has 0 aliphatic carbocycles. The molecule has 132 valence electrons. The third-order valence-corrected chi connectivity index (χ3v) is 3.66. The van der Waals surface area contributed by atoms with E-state index in [4.69, 9.17) is 16.3 Å². The zero-order valence-electron chi connectivity index (χ0n) is 13.9. The molecule has 0 atom stereocenters. The monoisotopic (exact) mass is 371 g/mol. The van der Waals surface area contributed by atoms with Gasteiger partial charge in [-0.05, 0) is 55.5 Å². The molecular formula is C19H15ClFN3O2. The molecule has 1 amide bonds. The van der Waals surface area contributed by atoms with Crippen molar-refractivity contribution >= 4 is 23.2 Å². The average Bonchev–Trinajstić information content (AvgIpc) is 2.62. The van der Waals surface area contributed by atoms with Gasteiger partial charge >= 0.3 is 0 Å². The molecule has 0 bridgehead atoms. The maximum Gasteiger partial charge on any atom is 0.262 e. The van der Waals surface area contributed by atoms with Crippen LogP contribution in [0.3, 0.4) is 0 Å². The summed E-state index contributed by atoms with van der Waals surface area (Å²) in [4.78, 5) is 20.6. The van der Waals surface area contributed by atoms with Gasteiger partial charge in [-0.1, -0.05) is 11.6 Å². The summed E-state index contributed by atoms with van der Waals surface area (Å²) in [6.45, 7) is 1.58. The molecule has 5 nitrogen and oxygen atoms in total. The van der Waals surface area contributed by atoms with Crippen molar-refractivity contribution in [3.63, 3.8) is 0 Å². The van der Waals surface area contributed by atoms with E-state index < -0.39 is 0 Å². The van der Waals surface area contributed by atoms with Crippen LogP contribution in [-0.4, -0.2) is 22.5 Å². The number of ether oxygens (including phenoxy) is 1. The van der Waals surface area contributed by atoms with Crippen molar-refractivity contribution in [1.29, 1.82) is 0 Å². The van der Waals surface area contributed by atoms with E-state index in [2.05, 4.69) is 15.3 Å². The lowest BCUT2D eigenvalue weighted by atomic mass is 10.2. The van der Waals surface area contributed by atoms with Crippen molar-refractivity contribution in [1.82, 2.24) is 9.97 Å². The number of rotatable bonds is 5. The van der Waals surface area contributed by atoms with E-state index in [-0.39, 0.29) is 24.2 Å². The summed E-state index contributed by atoms with van der Waals surface area (Å²) in [5.41, 5.74) is 1.95. The summed E-state index contributed by atoms with van der Waals surface area (Å²) in [7, 11) is 0. The van der Waals surface area contributed by atoms with Crippen molar-refractivity contribution in [2.24, 2.45) is 0 Å². The van der Waals surface area contributed by atoms with Crippen molar-refractivity contribution in [2.75, 3.05) is 11.9 Å². The smallest absolute Gasteiger partial charge is 0.262 e. The minimum Gasteiger partial charge on any atom is -0.467 e. The second-order valence-corrected chi connectivity index (χ2v) is 5.96. The van der Waals surface area contributed by atoms with Gasteiger partial charge in [0.2, 0.25) is 5.88 Å². The Bertz CT molecular complexity index is 915. The molecule has 1 heterocycles. The Morgan fingerprint density at radius 3 is 2.50 bits per heavy atom. The first-order valence-electron chi connectivity index (χ1n) is 7.79. The summed E-state index contributed by atoms with van der Waals surface area (Å²) >= 11 is 5.81. The topological polar surface area (TPSA) is 64.1 Å². The molecule has 7 heteroatoms. The molecular weight excluding hydrogens is 357 g/mol. The van der Waals surface area contributed by atoms with Crippen molar-refractivity contribution in [2.45, 2.75) is 6.92 Å². The largest absolute Gasteiger partial charge is 0.467 e. The lowest BCUT2D eigenvalue weighted by molar-refractivity contribution is -0.118. The zero-order valence-corrected chi connectivity index (χ0v) is 14.6. The zero-order chi connectivity index (χ0) is 18.5. The molecule has 1 N–H and O–H groups in total. The van der Waals surface area contributed by atoms with E-state index in [0.29, 0.717) is 27.8 Å². The molecule has 2 aromatic carbocycles. The Labute approximate surface area is 154 Å². The number of carbonyl (C=O) groups is 1. The van der Waals surface area contributed by atoms with Crippen molar-refractivity contribution in [3.8, 4) is 17.3 Å². The highest BCUT2D eigenvalue weighted by molar-refractivity contribution is 6.30. The number of carbonyl (C=O) groups excluding carboxylic acids is 1. The second kappa shape index (κ2) is 7.93. The Balaban J connectivity index is 1.66. The van der Waals surface area contributed by atoms with E-state index in [1.165, 1.54) is 12.1 Å². The standard InChI is InChI=1S/C19H15ClFN3O2/c1-12-10-18(24-19(22-12)13-2-6-15(21)7-3-13)26-11-17(25)23-16-8-4-14(20)5-9-16/h2-10H,11H2,1H3,(H,23,25). The number of nitrogens with zero attached hydrogens (tertiary/aromatic N) is 2. The molecule has 0 saturated heterocycles. The first-order chi connectivity index (χ1) is 12.5. The highest BCUT2D eigenvalue weighted by Gasteiger charge is 2.09. The van der Waals surface area contributed by atoms with Gasteiger partial charge in [0.1, 0.15) is 5.82 Å². The maximum absolute atomic E-state index is 13.1. The Morgan fingerprint density at radius 1 is 1.12 bits per heavy atom. The van der Waals surface area contributed by atoms with Gasteiger partial charge in [-0.15, -0.1) is 0 Å². The quantitative estimate of drug-likeness (QED) is 0.727. The lowest BCUT2D eigenvalue weighted by Crippen LogP contribution is -2.20. The summed E-state index contributed by atoms with van der Waals surface area (Å²) in [5.74, 6) is 0.00450. The number of halogens is 2. The molecule has 3 aromatic rings. The second-order valence-electron chi connectivity index (χ2n) is 5.52. The number of aryl methyl sites for hydroxylation is 1. The Morgan fingerprint density at radius 2 is 1.81 bits per heavy atom. The SMILES string of the molecule is Cc1cc(OCC(=O)Nc2ccc(Cl)cc2)nc(-c2ccc(F)cc2)n1. The minimum atomic E-state index is -0.336. The predicted molar refractivity (Wildman–Crippen MR) is 97.7 cm³/mol. The lowest BCUT2D eigenvalue weighted by Gasteiger charge is -2.09. The molecule has 1 aromatic heterocycles. The van der Waals surface area contributed by atoms with Crippen LogP contribution in [0.15, 0.2) is 54.6 Å². The highest BCUT2D eigenvalue weighted by Crippen LogP contribution is 2.19. The van der Waals surface area contributed by atoms with Crippen LogP contribution in [0.1, 0.15) is 5.69 Å². The number of amides is 1. The maximum atomic E-state index is 13.1. The van der Waals surface area contributed by atoms with Gasteiger partial charge in [-0.2, -0.15) is 4.98 Å². The van der Waals surface area contributed by atoms with Crippen LogP contribution in [0.4, 0.5) is 10.1 Å². The van der Waals surface area contributed by atoms with Crippen LogP contribution in [0.25, 0.3) is 11.4 Å². The van der Waals surface area contributed by atoms with Crippen LogP contribution >= 0.6 is 11.6 Å². The van der Waals surface area contributed by atoms with Crippen LogP contribution in [0.2, 0.25) is 5.02 Å². The first kappa shape index (κ1) is 17.8. The Kier molecular flexibility index (Phi) is 5.43. The van der Waals surface area contributed by atoms with Crippen molar-refractivity contribution < 1.29 is 13.9 Å². The molecule has 26 heavy (non-hydrogen) atoms. The van der Waals surface area contributed by atoms with Crippen LogP contribution in [-0.2, 0) is 4.79 Å². The molecule has 0 saturated carbocycles. The van der Waals surface area contributed by atoms with Gasteiger partial charge in [0.15, 0.2) is 12.4 Å². The molecule has 0 spiro atoms. The number of aromatic nitrogens is 2. The highest BCUT2D eigenvalue weighted by atomic mass is 35.5. The number of hydrogen-bond acceptors (Lipinski definition) is 4. The van der Waals surface area contributed by atoms with E-state index in [1.54, 1.807) is 49.4 Å². The van der Waals surface area contributed by atoms with Crippen LogP contribution in [0.5, 0.6) is 5.88 Å². The van der Waals surface area contributed by atoms with E-state index in [1.807, 2.05) is 0 Å². The van der Waals surface area contributed by atoms with Gasteiger partial charge in [-0.3, -0.25) is 4.79 Å². The van der Waals surface area contributed by atoms with Crippen LogP contribution < -0.4 is 10.1 Å². The fraction of sp³-hybridized carbons (Fsp3) is 0.105. The van der Waals surface area contributed by atoms with Gasteiger partial charge in [0.25, 0.3) is 5.91 Å². The number of anilines is 1. The van der Waals surface area contributed by atoms with Gasteiger partial charge < -0.3 is 10.1 Å².